The normalized spacial score (nSPS) is 14.0. The van der Waals surface area contributed by atoms with Crippen molar-refractivity contribution < 1.29 is 13.2 Å². The second kappa shape index (κ2) is 8.29. The second-order valence-electron chi connectivity index (χ2n) is 8.30. The standard InChI is InChI=1S/C23H29N5O3S/c1-6-26(7-2)32(30,31)19-8-9-21-17(12-19)10-11-27(21)23(29)20-13-18-14-24-28(15(3)4)22(18)25-16(20)5/h8-9,12-15H,6-7,10-11H2,1-5H3. The van der Waals surface area contributed by atoms with Crippen LogP contribution in [0.2, 0.25) is 0 Å². The number of fused-ring (bicyclic) bond motifs is 2. The van der Waals surface area contributed by atoms with Crippen LogP contribution in [0.5, 0.6) is 0 Å². The van der Waals surface area contributed by atoms with Crippen molar-refractivity contribution in [3.63, 3.8) is 0 Å². The van der Waals surface area contributed by atoms with E-state index in [4.69, 9.17) is 0 Å². The minimum Gasteiger partial charge on any atom is -0.308 e. The number of hydrogen-bond donors (Lipinski definition) is 0. The summed E-state index contributed by atoms with van der Waals surface area (Å²) in [6.45, 7) is 10.9. The van der Waals surface area contributed by atoms with Crippen molar-refractivity contribution in [2.75, 3.05) is 24.5 Å². The lowest BCUT2D eigenvalue weighted by Crippen LogP contribution is -2.31. The molecule has 1 aromatic carbocycles. The number of benzene rings is 1. The van der Waals surface area contributed by atoms with Crippen LogP contribution in [0.1, 0.15) is 55.4 Å². The number of pyridine rings is 1. The van der Waals surface area contributed by atoms with E-state index < -0.39 is 10.0 Å². The Morgan fingerprint density at radius 1 is 1.19 bits per heavy atom. The van der Waals surface area contributed by atoms with Gasteiger partial charge in [0, 0.05) is 36.7 Å². The van der Waals surface area contributed by atoms with E-state index in [2.05, 4.69) is 10.1 Å². The van der Waals surface area contributed by atoms with Gasteiger partial charge in [-0.1, -0.05) is 13.8 Å². The molecule has 32 heavy (non-hydrogen) atoms. The summed E-state index contributed by atoms with van der Waals surface area (Å²) in [6.07, 6.45) is 2.35. The van der Waals surface area contributed by atoms with Gasteiger partial charge < -0.3 is 4.90 Å². The first-order valence-corrected chi connectivity index (χ1v) is 12.4. The number of amides is 1. The van der Waals surface area contributed by atoms with Gasteiger partial charge in [0.2, 0.25) is 10.0 Å². The molecule has 3 heterocycles. The van der Waals surface area contributed by atoms with Gasteiger partial charge in [-0.05, 0) is 57.0 Å². The fourth-order valence-corrected chi connectivity index (χ4v) is 5.78. The Balaban J connectivity index is 1.68. The molecule has 0 aliphatic carbocycles. The van der Waals surface area contributed by atoms with E-state index in [9.17, 15) is 13.2 Å². The molecule has 1 aliphatic rings. The third kappa shape index (κ3) is 3.59. The fourth-order valence-electron chi connectivity index (χ4n) is 4.27. The first kappa shape index (κ1) is 22.4. The van der Waals surface area contributed by atoms with Crippen molar-refractivity contribution in [3.05, 3.63) is 47.3 Å². The average molecular weight is 456 g/mol. The number of aromatic nitrogens is 3. The summed E-state index contributed by atoms with van der Waals surface area (Å²) < 4.78 is 29.0. The van der Waals surface area contributed by atoms with Gasteiger partial charge in [0.05, 0.1) is 22.3 Å². The molecule has 9 heteroatoms. The van der Waals surface area contributed by atoms with E-state index in [1.54, 1.807) is 29.3 Å². The highest BCUT2D eigenvalue weighted by molar-refractivity contribution is 7.89. The van der Waals surface area contributed by atoms with Gasteiger partial charge in [-0.15, -0.1) is 0 Å². The highest BCUT2D eigenvalue weighted by atomic mass is 32.2. The van der Waals surface area contributed by atoms with E-state index in [0.29, 0.717) is 37.3 Å². The summed E-state index contributed by atoms with van der Waals surface area (Å²) >= 11 is 0. The molecular weight excluding hydrogens is 426 g/mol. The molecule has 1 amide bonds. The summed E-state index contributed by atoms with van der Waals surface area (Å²) in [5, 5.41) is 5.23. The largest absolute Gasteiger partial charge is 0.308 e. The highest BCUT2D eigenvalue weighted by Crippen LogP contribution is 2.33. The zero-order valence-corrected chi connectivity index (χ0v) is 20.0. The maximum Gasteiger partial charge on any atom is 0.260 e. The number of carbonyl (C=O) groups excluding carboxylic acids is 1. The molecule has 0 spiro atoms. The molecule has 170 valence electrons. The maximum absolute atomic E-state index is 13.4. The number of hydrogen-bond acceptors (Lipinski definition) is 5. The molecule has 3 aromatic rings. The van der Waals surface area contributed by atoms with Crippen LogP contribution in [0.4, 0.5) is 5.69 Å². The van der Waals surface area contributed by atoms with Crippen LogP contribution in [-0.4, -0.2) is 53.0 Å². The van der Waals surface area contributed by atoms with E-state index >= 15 is 0 Å². The Hall–Kier alpha value is -2.78. The summed E-state index contributed by atoms with van der Waals surface area (Å²) in [6, 6.07) is 7.07. The van der Waals surface area contributed by atoms with Crippen LogP contribution in [0.3, 0.4) is 0 Å². The Kier molecular flexibility index (Phi) is 5.81. The molecule has 0 bridgehead atoms. The lowest BCUT2D eigenvalue weighted by Gasteiger charge is -2.20. The minimum absolute atomic E-state index is 0.132. The van der Waals surface area contributed by atoms with Crippen LogP contribution < -0.4 is 4.90 Å². The molecular formula is C23H29N5O3S. The van der Waals surface area contributed by atoms with Crippen molar-refractivity contribution in [1.82, 2.24) is 19.1 Å². The van der Waals surface area contributed by atoms with Crippen molar-refractivity contribution in [1.29, 1.82) is 0 Å². The van der Waals surface area contributed by atoms with Crippen molar-refractivity contribution in [3.8, 4) is 0 Å². The van der Waals surface area contributed by atoms with Crippen LogP contribution in [0.15, 0.2) is 35.4 Å². The lowest BCUT2D eigenvalue weighted by atomic mass is 10.1. The first-order valence-electron chi connectivity index (χ1n) is 11.0. The van der Waals surface area contributed by atoms with E-state index in [1.807, 2.05) is 45.4 Å². The SMILES string of the molecule is CCN(CC)S(=O)(=O)c1ccc2c(c1)CCN2C(=O)c1cc2cnn(C(C)C)c2nc1C. The van der Waals surface area contributed by atoms with Gasteiger partial charge in [0.15, 0.2) is 5.65 Å². The zero-order chi connectivity index (χ0) is 23.2. The molecule has 0 saturated heterocycles. The van der Waals surface area contributed by atoms with Gasteiger partial charge in [0.1, 0.15) is 0 Å². The molecule has 0 saturated carbocycles. The minimum atomic E-state index is -3.54. The van der Waals surface area contributed by atoms with Crippen LogP contribution in [-0.2, 0) is 16.4 Å². The number of carbonyl (C=O) groups is 1. The Morgan fingerprint density at radius 3 is 2.56 bits per heavy atom. The van der Waals surface area contributed by atoms with Gasteiger partial charge >= 0.3 is 0 Å². The molecule has 1 aliphatic heterocycles. The van der Waals surface area contributed by atoms with Crippen LogP contribution in [0.25, 0.3) is 11.0 Å². The average Bonchev–Trinajstić information content (AvgIpc) is 3.36. The smallest absolute Gasteiger partial charge is 0.260 e. The molecule has 0 N–H and O–H groups in total. The molecule has 0 radical (unpaired) electrons. The summed E-state index contributed by atoms with van der Waals surface area (Å²) in [4.78, 5) is 20.1. The summed E-state index contributed by atoms with van der Waals surface area (Å²) in [5.41, 5.74) is 3.58. The van der Waals surface area contributed by atoms with E-state index in [0.717, 1.165) is 22.3 Å². The van der Waals surface area contributed by atoms with Gasteiger partial charge in [-0.2, -0.15) is 9.40 Å². The third-order valence-electron chi connectivity index (χ3n) is 6.01. The number of anilines is 1. The monoisotopic (exact) mass is 455 g/mol. The highest BCUT2D eigenvalue weighted by Gasteiger charge is 2.30. The van der Waals surface area contributed by atoms with Crippen molar-refractivity contribution in [2.24, 2.45) is 0 Å². The molecule has 0 atom stereocenters. The summed E-state index contributed by atoms with van der Waals surface area (Å²) in [7, 11) is -3.54. The number of aryl methyl sites for hydroxylation is 1. The second-order valence-corrected chi connectivity index (χ2v) is 10.2. The molecule has 0 unspecified atom stereocenters. The topological polar surface area (TPSA) is 88.4 Å². The number of nitrogens with zero attached hydrogens (tertiary/aromatic N) is 5. The van der Waals surface area contributed by atoms with Gasteiger partial charge in [0.25, 0.3) is 5.91 Å². The number of sulfonamides is 1. The Morgan fingerprint density at radius 2 is 1.91 bits per heavy atom. The van der Waals surface area contributed by atoms with Crippen LogP contribution in [0, 0.1) is 6.92 Å². The summed E-state index contributed by atoms with van der Waals surface area (Å²) in [5.74, 6) is -0.132. The zero-order valence-electron chi connectivity index (χ0n) is 19.2. The lowest BCUT2D eigenvalue weighted by molar-refractivity contribution is 0.0988. The van der Waals surface area contributed by atoms with Crippen LogP contribution >= 0.6 is 0 Å². The number of rotatable bonds is 6. The maximum atomic E-state index is 13.4. The first-order chi connectivity index (χ1) is 15.2. The van der Waals surface area contributed by atoms with Crippen molar-refractivity contribution in [2.45, 2.75) is 52.0 Å². The third-order valence-corrected chi connectivity index (χ3v) is 8.06. The molecule has 8 nitrogen and oxygen atoms in total. The predicted octanol–water partition coefficient (Wildman–Crippen LogP) is 3.55. The molecule has 0 fully saturated rings. The van der Waals surface area contributed by atoms with E-state index in [1.165, 1.54) is 4.31 Å². The molecule has 4 rings (SSSR count). The fraction of sp³-hybridized carbons (Fsp3) is 0.435. The predicted molar refractivity (Wildman–Crippen MR) is 125 cm³/mol. The Labute approximate surface area is 188 Å². The van der Waals surface area contributed by atoms with E-state index in [-0.39, 0.29) is 16.8 Å². The molecule has 2 aromatic heterocycles. The Bertz CT molecular complexity index is 1290. The van der Waals surface area contributed by atoms with Crippen molar-refractivity contribution >= 4 is 32.7 Å². The van der Waals surface area contributed by atoms with Gasteiger partial charge in [-0.3, -0.25) is 4.79 Å². The van der Waals surface area contributed by atoms with Gasteiger partial charge in [-0.25, -0.2) is 18.1 Å². The quantitative estimate of drug-likeness (QED) is 0.567.